The molecule has 1 saturated carbocycles. The highest BCUT2D eigenvalue weighted by Gasteiger charge is 2.26. The van der Waals surface area contributed by atoms with Crippen LogP contribution in [0.1, 0.15) is 78.3 Å². The van der Waals surface area contributed by atoms with E-state index < -0.39 is 9.84 Å². The maximum absolute atomic E-state index is 13.0. The largest absolute Gasteiger partial charge is 0.348 e. The molecule has 4 aromatic rings. The van der Waals surface area contributed by atoms with Gasteiger partial charge < -0.3 is 9.88 Å². The van der Waals surface area contributed by atoms with Crippen molar-refractivity contribution >= 4 is 26.6 Å². The Hall–Kier alpha value is -3.38. The predicted octanol–water partition coefficient (Wildman–Crippen LogP) is 6.41. The number of fused-ring (bicyclic) bond motifs is 1. The Kier molecular flexibility index (Phi) is 6.95. The van der Waals surface area contributed by atoms with Crippen LogP contribution in [0.25, 0.3) is 10.9 Å². The molecule has 0 bridgehead atoms. The molecule has 1 fully saturated rings. The maximum atomic E-state index is 13.0. The van der Waals surface area contributed by atoms with Crippen molar-refractivity contribution in [3.05, 3.63) is 101 Å². The molecular formula is C31H34N2O3S. The molecule has 1 aliphatic carbocycles. The molecule has 0 unspecified atom stereocenters. The van der Waals surface area contributed by atoms with Crippen LogP contribution < -0.4 is 5.32 Å². The highest BCUT2D eigenvalue weighted by Crippen LogP contribution is 2.42. The third-order valence-electron chi connectivity index (χ3n) is 7.26. The molecule has 0 saturated heterocycles. The van der Waals surface area contributed by atoms with Gasteiger partial charge in [-0.05, 0) is 85.7 Å². The minimum absolute atomic E-state index is 0.0683. The zero-order chi connectivity index (χ0) is 26.2. The van der Waals surface area contributed by atoms with Crippen LogP contribution in [0.15, 0.2) is 77.7 Å². The first-order valence-corrected chi connectivity index (χ1v) is 14.7. The summed E-state index contributed by atoms with van der Waals surface area (Å²) in [5, 5.41) is 4.03. The number of carbonyl (C=O) groups excluding carboxylic acids is 1. The molecule has 5 rings (SSSR count). The highest BCUT2D eigenvalue weighted by molar-refractivity contribution is 7.91. The van der Waals surface area contributed by atoms with Gasteiger partial charge in [-0.1, -0.05) is 43.3 Å². The van der Waals surface area contributed by atoms with Crippen LogP contribution >= 0.6 is 0 Å². The fourth-order valence-corrected chi connectivity index (χ4v) is 6.01. The molecule has 3 aromatic carbocycles. The van der Waals surface area contributed by atoms with Crippen LogP contribution in [-0.4, -0.2) is 24.6 Å². The molecule has 1 heterocycles. The number of hydrogen-bond acceptors (Lipinski definition) is 3. The van der Waals surface area contributed by atoms with E-state index >= 15 is 0 Å². The number of aromatic nitrogens is 1. The molecule has 0 spiro atoms. The van der Waals surface area contributed by atoms with Crippen LogP contribution in [0.3, 0.4) is 0 Å². The fourth-order valence-electron chi connectivity index (χ4n) is 5.13. The number of carbonyl (C=O) groups is 1. The second-order valence-corrected chi connectivity index (χ2v) is 12.5. The number of benzene rings is 3. The molecule has 6 heteroatoms. The van der Waals surface area contributed by atoms with Gasteiger partial charge in [0.1, 0.15) is 0 Å². The Morgan fingerprint density at radius 2 is 1.73 bits per heavy atom. The van der Waals surface area contributed by atoms with E-state index in [1.807, 2.05) is 18.2 Å². The van der Waals surface area contributed by atoms with Crippen molar-refractivity contribution < 1.29 is 13.2 Å². The molecule has 1 aromatic heterocycles. The van der Waals surface area contributed by atoms with E-state index in [1.165, 1.54) is 29.7 Å². The lowest BCUT2D eigenvalue weighted by Crippen LogP contribution is -2.22. The lowest BCUT2D eigenvalue weighted by atomic mass is 9.99. The number of nitrogens with zero attached hydrogens (tertiary/aromatic N) is 1. The summed E-state index contributed by atoms with van der Waals surface area (Å²) in [4.78, 5) is 13.3. The molecule has 1 N–H and O–H groups in total. The quantitative estimate of drug-likeness (QED) is 0.280. The summed E-state index contributed by atoms with van der Waals surface area (Å²) in [6.45, 7) is 6.37. The van der Waals surface area contributed by atoms with Crippen LogP contribution in [0.5, 0.6) is 0 Å². The van der Waals surface area contributed by atoms with Crippen molar-refractivity contribution in [1.29, 1.82) is 0 Å². The van der Waals surface area contributed by atoms with Gasteiger partial charge in [0.25, 0.3) is 5.91 Å². The average molecular weight is 515 g/mol. The van der Waals surface area contributed by atoms with Gasteiger partial charge in [-0.15, -0.1) is 0 Å². The highest BCUT2D eigenvalue weighted by atomic mass is 32.2. The van der Waals surface area contributed by atoms with Crippen molar-refractivity contribution in [2.24, 2.45) is 0 Å². The summed E-state index contributed by atoms with van der Waals surface area (Å²) in [5.74, 6) is 0.625. The number of rotatable bonds is 9. The van der Waals surface area contributed by atoms with Gasteiger partial charge in [0.15, 0.2) is 9.84 Å². The topological polar surface area (TPSA) is 68.2 Å². The van der Waals surface area contributed by atoms with Gasteiger partial charge in [-0.25, -0.2) is 8.42 Å². The SMILES string of the molecule is CCS(=O)(=O)c1ccc(CNC(=O)c2ccc3c(c2)cc(Cc2ccccc2C2CC2)n3C(C)C)cc1. The third kappa shape index (κ3) is 5.35. The maximum Gasteiger partial charge on any atom is 0.251 e. The average Bonchev–Trinajstić information content (AvgIpc) is 3.68. The minimum Gasteiger partial charge on any atom is -0.348 e. The molecule has 37 heavy (non-hydrogen) atoms. The summed E-state index contributed by atoms with van der Waals surface area (Å²) >= 11 is 0. The first-order valence-electron chi connectivity index (χ1n) is 13.1. The van der Waals surface area contributed by atoms with E-state index in [-0.39, 0.29) is 11.7 Å². The van der Waals surface area contributed by atoms with Crippen molar-refractivity contribution in [3.63, 3.8) is 0 Å². The predicted molar refractivity (Wildman–Crippen MR) is 149 cm³/mol. The normalized spacial score (nSPS) is 13.8. The second-order valence-electron chi connectivity index (χ2n) is 10.3. The zero-order valence-corrected chi connectivity index (χ0v) is 22.5. The van der Waals surface area contributed by atoms with Gasteiger partial charge in [0, 0.05) is 41.2 Å². The standard InChI is InChI=1S/C31H34N2O3S/c1-4-37(35,36)28-14-9-22(10-15-28)20-32-31(34)25-13-16-30-26(17-25)19-27(33(30)21(2)3)18-24-7-5-6-8-29(24)23-11-12-23/h5-10,13-17,19,21,23H,4,11-12,18,20H2,1-3H3,(H,32,34). The number of hydrogen-bond donors (Lipinski definition) is 1. The van der Waals surface area contributed by atoms with E-state index in [0.29, 0.717) is 29.0 Å². The van der Waals surface area contributed by atoms with E-state index in [2.05, 4.69) is 54.1 Å². The Morgan fingerprint density at radius 1 is 1.00 bits per heavy atom. The zero-order valence-electron chi connectivity index (χ0n) is 21.7. The van der Waals surface area contributed by atoms with Crippen LogP contribution in [0.2, 0.25) is 0 Å². The van der Waals surface area contributed by atoms with E-state index in [0.717, 1.165) is 22.9 Å². The third-order valence-corrected chi connectivity index (χ3v) is 9.01. The van der Waals surface area contributed by atoms with E-state index in [9.17, 15) is 13.2 Å². The number of sulfone groups is 1. The smallest absolute Gasteiger partial charge is 0.251 e. The van der Waals surface area contributed by atoms with Crippen molar-refractivity contribution in [2.45, 2.75) is 63.4 Å². The lowest BCUT2D eigenvalue weighted by molar-refractivity contribution is 0.0951. The van der Waals surface area contributed by atoms with Crippen molar-refractivity contribution in [2.75, 3.05) is 5.75 Å². The first-order chi connectivity index (χ1) is 17.8. The summed E-state index contributed by atoms with van der Waals surface area (Å²) in [5.41, 5.74) is 6.74. The second kappa shape index (κ2) is 10.2. The number of amides is 1. The summed E-state index contributed by atoms with van der Waals surface area (Å²) in [6.07, 6.45) is 3.44. The minimum atomic E-state index is -3.23. The molecule has 0 atom stereocenters. The van der Waals surface area contributed by atoms with Crippen molar-refractivity contribution in [1.82, 2.24) is 9.88 Å². The molecular weight excluding hydrogens is 480 g/mol. The van der Waals surface area contributed by atoms with E-state index in [1.54, 1.807) is 31.2 Å². The van der Waals surface area contributed by atoms with Gasteiger partial charge in [-0.2, -0.15) is 0 Å². The van der Waals surface area contributed by atoms with Crippen LogP contribution in [0, 0.1) is 0 Å². The fraction of sp³-hybridized carbons (Fsp3) is 0.323. The molecule has 5 nitrogen and oxygen atoms in total. The molecule has 192 valence electrons. The Labute approximate surface area is 219 Å². The molecule has 1 aliphatic rings. The van der Waals surface area contributed by atoms with Gasteiger partial charge in [0.05, 0.1) is 10.6 Å². The Bertz CT molecular complexity index is 1550. The molecule has 0 aliphatic heterocycles. The van der Waals surface area contributed by atoms with Gasteiger partial charge in [0.2, 0.25) is 0 Å². The summed E-state index contributed by atoms with van der Waals surface area (Å²) in [6, 6.07) is 23.9. The first kappa shape index (κ1) is 25.3. The van der Waals surface area contributed by atoms with E-state index in [4.69, 9.17) is 0 Å². The van der Waals surface area contributed by atoms with Crippen LogP contribution in [-0.2, 0) is 22.8 Å². The summed E-state index contributed by atoms with van der Waals surface area (Å²) < 4.78 is 26.4. The lowest BCUT2D eigenvalue weighted by Gasteiger charge is -2.16. The molecule has 1 amide bonds. The van der Waals surface area contributed by atoms with Crippen molar-refractivity contribution in [3.8, 4) is 0 Å². The van der Waals surface area contributed by atoms with Crippen LogP contribution in [0.4, 0.5) is 0 Å². The number of nitrogens with one attached hydrogen (secondary N) is 1. The molecule has 0 radical (unpaired) electrons. The van der Waals surface area contributed by atoms with Gasteiger partial charge >= 0.3 is 0 Å². The monoisotopic (exact) mass is 514 g/mol. The van der Waals surface area contributed by atoms with Gasteiger partial charge in [-0.3, -0.25) is 4.79 Å². The Balaban J connectivity index is 1.35. The summed E-state index contributed by atoms with van der Waals surface area (Å²) in [7, 11) is -3.23. The Morgan fingerprint density at radius 3 is 2.41 bits per heavy atom.